The molecule has 0 saturated carbocycles. The minimum Gasteiger partial charge on any atom is -0.460 e. The quantitative estimate of drug-likeness (QED) is 0.357. The number of hydrogen-bond donors (Lipinski definition) is 2. The molecular formula is C14H24O7. The highest BCUT2D eigenvalue weighted by atomic mass is 16.6. The van der Waals surface area contributed by atoms with Crippen LogP contribution in [0.3, 0.4) is 0 Å². The summed E-state index contributed by atoms with van der Waals surface area (Å²) in [4.78, 5) is 21.2. The van der Waals surface area contributed by atoms with Crippen LogP contribution in [0.1, 0.15) is 13.8 Å². The van der Waals surface area contributed by atoms with Crippen molar-refractivity contribution in [2.45, 2.75) is 13.8 Å². The lowest BCUT2D eigenvalue weighted by molar-refractivity contribution is -0.141. The van der Waals surface area contributed by atoms with Gasteiger partial charge < -0.3 is 24.4 Å². The molecule has 21 heavy (non-hydrogen) atoms. The van der Waals surface area contributed by atoms with E-state index in [4.69, 9.17) is 19.7 Å². The maximum absolute atomic E-state index is 10.7. The molecule has 0 heterocycles. The normalized spacial score (nSPS) is 9.14. The minimum atomic E-state index is -0.455. The van der Waals surface area contributed by atoms with Gasteiger partial charge in [0, 0.05) is 11.1 Å². The van der Waals surface area contributed by atoms with Crippen molar-refractivity contribution in [1.29, 1.82) is 0 Å². The van der Waals surface area contributed by atoms with Crippen molar-refractivity contribution in [1.82, 2.24) is 0 Å². The van der Waals surface area contributed by atoms with Crippen LogP contribution in [-0.2, 0) is 23.8 Å². The molecule has 0 spiro atoms. The summed E-state index contributed by atoms with van der Waals surface area (Å²) >= 11 is 0. The first-order chi connectivity index (χ1) is 9.86. The van der Waals surface area contributed by atoms with E-state index < -0.39 is 11.9 Å². The second kappa shape index (κ2) is 14.7. The van der Waals surface area contributed by atoms with Gasteiger partial charge in [-0.3, -0.25) is 0 Å². The van der Waals surface area contributed by atoms with Crippen LogP contribution >= 0.6 is 0 Å². The van der Waals surface area contributed by atoms with Crippen molar-refractivity contribution in [3.05, 3.63) is 24.3 Å². The van der Waals surface area contributed by atoms with Crippen molar-refractivity contribution in [2.75, 3.05) is 39.6 Å². The molecule has 0 aromatic carbocycles. The van der Waals surface area contributed by atoms with E-state index in [9.17, 15) is 9.59 Å². The van der Waals surface area contributed by atoms with Gasteiger partial charge in [0.2, 0.25) is 0 Å². The van der Waals surface area contributed by atoms with Gasteiger partial charge in [-0.2, -0.15) is 0 Å². The number of rotatable bonds is 9. The minimum absolute atomic E-state index is 0.0194. The second-order valence-corrected chi connectivity index (χ2v) is 3.89. The fraction of sp³-hybridized carbons (Fsp3) is 0.571. The molecule has 0 aromatic heterocycles. The summed E-state index contributed by atoms with van der Waals surface area (Å²) in [6.45, 7) is 10.6. The highest BCUT2D eigenvalue weighted by Crippen LogP contribution is 1.91. The van der Waals surface area contributed by atoms with Gasteiger partial charge >= 0.3 is 11.9 Å². The van der Waals surface area contributed by atoms with E-state index in [0.29, 0.717) is 17.8 Å². The molecule has 0 amide bonds. The third-order valence-corrected chi connectivity index (χ3v) is 1.72. The highest BCUT2D eigenvalue weighted by Gasteiger charge is 2.01. The molecule has 0 atom stereocenters. The zero-order valence-electron chi connectivity index (χ0n) is 12.6. The third kappa shape index (κ3) is 16.2. The van der Waals surface area contributed by atoms with Crippen LogP contribution in [0.5, 0.6) is 0 Å². The predicted molar refractivity (Wildman–Crippen MR) is 76.5 cm³/mol. The molecule has 7 heteroatoms. The molecular weight excluding hydrogens is 280 g/mol. The number of ether oxygens (including phenoxy) is 3. The lowest BCUT2D eigenvalue weighted by atomic mass is 10.4. The van der Waals surface area contributed by atoms with Crippen molar-refractivity contribution in [2.24, 2.45) is 0 Å². The Morgan fingerprint density at radius 2 is 1.24 bits per heavy atom. The molecule has 0 saturated heterocycles. The molecule has 0 aromatic rings. The fourth-order valence-electron chi connectivity index (χ4n) is 0.745. The molecule has 2 N–H and O–H groups in total. The van der Waals surface area contributed by atoms with E-state index >= 15 is 0 Å². The van der Waals surface area contributed by atoms with E-state index in [1.54, 1.807) is 13.8 Å². The number of hydrogen-bond acceptors (Lipinski definition) is 7. The van der Waals surface area contributed by atoms with Crippen LogP contribution in [0.25, 0.3) is 0 Å². The first-order valence-corrected chi connectivity index (χ1v) is 6.31. The van der Waals surface area contributed by atoms with Gasteiger partial charge in [0.25, 0.3) is 0 Å². The maximum Gasteiger partial charge on any atom is 0.333 e. The van der Waals surface area contributed by atoms with Gasteiger partial charge in [-0.1, -0.05) is 13.2 Å². The SMILES string of the molecule is C=C(C)C(=O)OCCO.C=C(C)C(=O)OCCOCCO. The highest BCUT2D eigenvalue weighted by molar-refractivity contribution is 5.87. The van der Waals surface area contributed by atoms with Crippen LogP contribution in [-0.4, -0.2) is 61.8 Å². The van der Waals surface area contributed by atoms with Crippen LogP contribution in [0, 0.1) is 0 Å². The smallest absolute Gasteiger partial charge is 0.333 e. The Morgan fingerprint density at radius 1 is 0.810 bits per heavy atom. The van der Waals surface area contributed by atoms with Crippen molar-refractivity contribution < 1.29 is 34.0 Å². The summed E-state index contributed by atoms with van der Waals surface area (Å²) in [5.41, 5.74) is 0.723. The molecule has 122 valence electrons. The average Bonchev–Trinajstić information content (AvgIpc) is 2.44. The summed E-state index contributed by atoms with van der Waals surface area (Å²) < 4.78 is 14.0. The Balaban J connectivity index is 0. The Labute approximate surface area is 124 Å². The van der Waals surface area contributed by atoms with Crippen LogP contribution < -0.4 is 0 Å². The van der Waals surface area contributed by atoms with Gasteiger partial charge in [0.05, 0.1) is 26.4 Å². The molecule has 0 bridgehead atoms. The average molecular weight is 304 g/mol. The lowest BCUT2D eigenvalue weighted by Gasteiger charge is -2.03. The number of aliphatic hydroxyl groups excluding tert-OH is 2. The molecule has 0 unspecified atom stereocenters. The van der Waals surface area contributed by atoms with E-state index in [-0.39, 0.29) is 33.0 Å². The molecule has 0 rings (SSSR count). The fourth-order valence-corrected chi connectivity index (χ4v) is 0.745. The van der Waals surface area contributed by atoms with Crippen LogP contribution in [0.2, 0.25) is 0 Å². The molecule has 0 radical (unpaired) electrons. The Morgan fingerprint density at radius 3 is 1.62 bits per heavy atom. The first-order valence-electron chi connectivity index (χ1n) is 6.31. The number of carbonyl (C=O) groups is 2. The van der Waals surface area contributed by atoms with Crippen molar-refractivity contribution >= 4 is 11.9 Å². The predicted octanol–water partition coefficient (Wildman–Crippen LogP) is 0.213. The standard InChI is InChI=1S/C8H14O4.C6H10O3/c1-7(2)8(10)12-6-5-11-4-3-9;1-5(2)6(8)9-4-3-7/h9H,1,3-6H2,2H3;7H,1,3-4H2,2H3. The lowest BCUT2D eigenvalue weighted by Crippen LogP contribution is -2.12. The van der Waals surface area contributed by atoms with Gasteiger partial charge in [0.1, 0.15) is 13.2 Å². The van der Waals surface area contributed by atoms with Gasteiger partial charge in [-0.05, 0) is 13.8 Å². The molecule has 0 fully saturated rings. The largest absolute Gasteiger partial charge is 0.460 e. The number of carbonyl (C=O) groups excluding carboxylic acids is 2. The Kier molecular flexibility index (Phi) is 15.1. The number of esters is 2. The van der Waals surface area contributed by atoms with Gasteiger partial charge in [-0.25, -0.2) is 9.59 Å². The summed E-state index contributed by atoms with van der Waals surface area (Å²) in [5, 5.41) is 16.5. The monoisotopic (exact) mass is 304 g/mol. The number of aliphatic hydroxyl groups is 2. The zero-order valence-corrected chi connectivity index (χ0v) is 12.6. The second-order valence-electron chi connectivity index (χ2n) is 3.89. The van der Waals surface area contributed by atoms with Crippen LogP contribution in [0.4, 0.5) is 0 Å². The van der Waals surface area contributed by atoms with Gasteiger partial charge in [-0.15, -0.1) is 0 Å². The van der Waals surface area contributed by atoms with E-state index in [1.807, 2.05) is 0 Å². The maximum atomic E-state index is 10.7. The summed E-state index contributed by atoms with van der Waals surface area (Å²) in [6.07, 6.45) is 0. The van der Waals surface area contributed by atoms with Gasteiger partial charge in [0.15, 0.2) is 0 Å². The molecule has 0 aliphatic heterocycles. The molecule has 0 aliphatic rings. The van der Waals surface area contributed by atoms with E-state index in [2.05, 4.69) is 17.9 Å². The van der Waals surface area contributed by atoms with Crippen molar-refractivity contribution in [3.8, 4) is 0 Å². The van der Waals surface area contributed by atoms with Crippen LogP contribution in [0.15, 0.2) is 24.3 Å². The molecule has 7 nitrogen and oxygen atoms in total. The molecule has 0 aliphatic carbocycles. The van der Waals surface area contributed by atoms with E-state index in [0.717, 1.165) is 0 Å². The Bertz CT molecular complexity index is 336. The summed E-state index contributed by atoms with van der Waals surface area (Å²) in [5.74, 6) is -0.869. The van der Waals surface area contributed by atoms with Crippen molar-refractivity contribution in [3.63, 3.8) is 0 Å². The first kappa shape index (κ1) is 21.6. The Hall–Kier alpha value is -1.70. The summed E-state index contributed by atoms with van der Waals surface area (Å²) in [7, 11) is 0. The summed E-state index contributed by atoms with van der Waals surface area (Å²) in [6, 6.07) is 0. The zero-order chi connectivity index (χ0) is 16.7. The third-order valence-electron chi connectivity index (χ3n) is 1.72. The topological polar surface area (TPSA) is 102 Å². The van der Waals surface area contributed by atoms with E-state index in [1.165, 1.54) is 0 Å².